The number of carbonyl (C=O) groups excluding carboxylic acids is 1. The predicted octanol–water partition coefficient (Wildman–Crippen LogP) is 1.21. The summed E-state index contributed by atoms with van der Waals surface area (Å²) in [6.07, 6.45) is 0.494. The molecule has 0 bridgehead atoms. The summed E-state index contributed by atoms with van der Waals surface area (Å²) in [5.41, 5.74) is 0. The van der Waals surface area contributed by atoms with E-state index in [0.717, 1.165) is 4.60 Å². The fourth-order valence-electron chi connectivity index (χ4n) is 1.34. The van der Waals surface area contributed by atoms with E-state index in [4.69, 9.17) is 0 Å². The Morgan fingerprint density at radius 3 is 3.00 bits per heavy atom. The minimum absolute atomic E-state index is 0.0824. The molecular weight excluding hydrogens is 254 g/mol. The maximum Gasteiger partial charge on any atom is 0.229 e. The second-order valence-electron chi connectivity index (χ2n) is 2.94. The average molecular weight is 262 g/mol. The van der Waals surface area contributed by atoms with Crippen molar-refractivity contribution in [1.29, 1.82) is 0 Å². The summed E-state index contributed by atoms with van der Waals surface area (Å²) in [4.78, 5) is 13.0. The minimum atomic E-state index is 0.0824. The highest BCUT2D eigenvalue weighted by molar-refractivity contribution is 9.10. The number of aromatic nitrogens is 2. The molecule has 6 heteroatoms. The maximum atomic E-state index is 11.4. The van der Waals surface area contributed by atoms with Crippen LogP contribution in [0.25, 0.3) is 0 Å². The van der Waals surface area contributed by atoms with E-state index in [1.807, 2.05) is 0 Å². The lowest BCUT2D eigenvalue weighted by Gasteiger charge is -2.10. The Morgan fingerprint density at radius 2 is 2.54 bits per heavy atom. The van der Waals surface area contributed by atoms with Crippen LogP contribution >= 0.6 is 28.6 Å². The number of rotatable bonds is 1. The van der Waals surface area contributed by atoms with E-state index in [9.17, 15) is 4.79 Å². The number of anilines is 1. The molecule has 1 aliphatic rings. The zero-order valence-electron chi connectivity index (χ0n) is 6.70. The van der Waals surface area contributed by atoms with Crippen molar-refractivity contribution in [2.75, 3.05) is 11.4 Å². The summed E-state index contributed by atoms with van der Waals surface area (Å²) in [5, 5.41) is 6.84. The van der Waals surface area contributed by atoms with Crippen molar-refractivity contribution in [3.63, 3.8) is 0 Å². The molecule has 2 rings (SSSR count). The van der Waals surface area contributed by atoms with E-state index in [1.165, 1.54) is 0 Å². The molecule has 2 heterocycles. The van der Waals surface area contributed by atoms with Crippen molar-refractivity contribution in [3.05, 3.63) is 10.7 Å². The highest BCUT2D eigenvalue weighted by Crippen LogP contribution is 2.23. The minimum Gasteiger partial charge on any atom is -0.294 e. The third-order valence-electron chi connectivity index (χ3n) is 1.91. The molecule has 1 fully saturated rings. The zero-order chi connectivity index (χ0) is 9.42. The molecule has 13 heavy (non-hydrogen) atoms. The fourth-order valence-corrected chi connectivity index (χ4v) is 1.95. The third kappa shape index (κ3) is 1.73. The van der Waals surface area contributed by atoms with Crippen LogP contribution in [-0.2, 0) is 4.79 Å². The van der Waals surface area contributed by atoms with Crippen molar-refractivity contribution in [2.45, 2.75) is 11.7 Å². The number of amides is 1. The van der Waals surface area contributed by atoms with Gasteiger partial charge >= 0.3 is 0 Å². The van der Waals surface area contributed by atoms with E-state index < -0.39 is 0 Å². The van der Waals surface area contributed by atoms with Crippen LogP contribution in [0, 0.1) is 0 Å². The Hall–Kier alpha value is -0.490. The number of nitrogens with zero attached hydrogens (tertiary/aromatic N) is 2. The summed E-state index contributed by atoms with van der Waals surface area (Å²) in [5.74, 6) is 0.743. The third-order valence-corrected chi connectivity index (χ3v) is 2.67. The van der Waals surface area contributed by atoms with Crippen LogP contribution in [0.4, 0.5) is 5.82 Å². The largest absolute Gasteiger partial charge is 0.294 e. The summed E-state index contributed by atoms with van der Waals surface area (Å²) in [7, 11) is 0. The second kappa shape index (κ2) is 3.34. The van der Waals surface area contributed by atoms with Crippen molar-refractivity contribution in [2.24, 2.45) is 0 Å². The van der Waals surface area contributed by atoms with Crippen LogP contribution in [-0.4, -0.2) is 27.9 Å². The maximum absolute atomic E-state index is 11.4. The smallest absolute Gasteiger partial charge is 0.229 e. The van der Waals surface area contributed by atoms with Crippen LogP contribution in [0.2, 0.25) is 0 Å². The van der Waals surface area contributed by atoms with Gasteiger partial charge in [0, 0.05) is 24.3 Å². The molecule has 4 nitrogen and oxygen atoms in total. The van der Waals surface area contributed by atoms with Gasteiger partial charge in [-0.1, -0.05) is 0 Å². The number of aromatic amines is 1. The molecule has 0 radical (unpaired) electrons. The molecule has 1 aliphatic heterocycles. The van der Waals surface area contributed by atoms with Gasteiger partial charge in [-0.05, 0) is 15.9 Å². The molecule has 1 amide bonds. The van der Waals surface area contributed by atoms with Gasteiger partial charge in [-0.3, -0.25) is 14.8 Å². The van der Waals surface area contributed by atoms with E-state index in [2.05, 4.69) is 38.8 Å². The summed E-state index contributed by atoms with van der Waals surface area (Å²) < 4.78 is 0.776. The molecule has 1 aromatic rings. The number of nitrogens with one attached hydrogen (secondary N) is 1. The average Bonchev–Trinajstić information content (AvgIpc) is 2.58. The topological polar surface area (TPSA) is 49.0 Å². The van der Waals surface area contributed by atoms with Gasteiger partial charge in [-0.25, -0.2) is 0 Å². The van der Waals surface area contributed by atoms with Gasteiger partial charge in [-0.2, -0.15) is 17.7 Å². The summed E-state index contributed by atoms with van der Waals surface area (Å²) >= 11 is 7.50. The van der Waals surface area contributed by atoms with Crippen LogP contribution in [0.3, 0.4) is 0 Å². The number of hydrogen-bond donors (Lipinski definition) is 2. The normalized spacial score (nSPS) is 22.8. The summed E-state index contributed by atoms with van der Waals surface area (Å²) in [6, 6.07) is 1.78. The van der Waals surface area contributed by atoms with E-state index in [1.54, 1.807) is 11.0 Å². The molecule has 0 aromatic carbocycles. The van der Waals surface area contributed by atoms with Crippen LogP contribution in [0.15, 0.2) is 10.7 Å². The number of H-pyrrole nitrogens is 1. The van der Waals surface area contributed by atoms with Crippen molar-refractivity contribution >= 4 is 40.3 Å². The molecule has 0 saturated carbocycles. The zero-order valence-corrected chi connectivity index (χ0v) is 9.18. The van der Waals surface area contributed by atoms with E-state index >= 15 is 0 Å². The Kier molecular flexibility index (Phi) is 2.33. The van der Waals surface area contributed by atoms with Crippen molar-refractivity contribution < 1.29 is 4.79 Å². The molecule has 1 aromatic heterocycles. The van der Waals surface area contributed by atoms with Crippen LogP contribution in [0.5, 0.6) is 0 Å². The van der Waals surface area contributed by atoms with Gasteiger partial charge in [0.2, 0.25) is 5.91 Å². The lowest BCUT2D eigenvalue weighted by atomic mass is 10.4. The van der Waals surface area contributed by atoms with Gasteiger partial charge in [0.15, 0.2) is 5.82 Å². The van der Waals surface area contributed by atoms with Gasteiger partial charge in [0.05, 0.1) is 0 Å². The number of hydrogen-bond acceptors (Lipinski definition) is 3. The quantitative estimate of drug-likeness (QED) is 0.747. The molecule has 1 unspecified atom stereocenters. The van der Waals surface area contributed by atoms with Gasteiger partial charge in [-0.15, -0.1) is 0 Å². The van der Waals surface area contributed by atoms with Gasteiger partial charge < -0.3 is 0 Å². The Balaban J connectivity index is 2.22. The first-order chi connectivity index (χ1) is 6.16. The lowest BCUT2D eigenvalue weighted by Crippen LogP contribution is -2.24. The van der Waals surface area contributed by atoms with Crippen molar-refractivity contribution in [1.82, 2.24) is 10.2 Å². The summed E-state index contributed by atoms with van der Waals surface area (Å²) in [6.45, 7) is 0.638. The molecule has 1 saturated heterocycles. The molecule has 1 N–H and O–H groups in total. The van der Waals surface area contributed by atoms with Crippen LogP contribution < -0.4 is 4.90 Å². The van der Waals surface area contributed by atoms with E-state index in [-0.39, 0.29) is 11.2 Å². The first-order valence-electron chi connectivity index (χ1n) is 3.86. The molecule has 70 valence electrons. The standard InChI is InChI=1S/C7H8BrN3OS/c8-5-2-6(10-9-5)11-3-4(13)1-7(11)12/h2,4,13H,1,3H2,(H,9,10). The molecule has 0 spiro atoms. The van der Waals surface area contributed by atoms with Crippen LogP contribution in [0.1, 0.15) is 6.42 Å². The Labute approximate surface area is 89.2 Å². The highest BCUT2D eigenvalue weighted by atomic mass is 79.9. The fraction of sp³-hybridized carbons (Fsp3) is 0.429. The molecule has 0 aliphatic carbocycles. The number of carbonyl (C=O) groups is 1. The highest BCUT2D eigenvalue weighted by Gasteiger charge is 2.29. The Bertz CT molecular complexity index is 340. The second-order valence-corrected chi connectivity index (χ2v) is 4.52. The monoisotopic (exact) mass is 261 g/mol. The Morgan fingerprint density at radius 1 is 1.77 bits per heavy atom. The number of thiol groups is 1. The first-order valence-corrected chi connectivity index (χ1v) is 5.17. The van der Waals surface area contributed by atoms with E-state index in [0.29, 0.717) is 18.8 Å². The van der Waals surface area contributed by atoms with Crippen molar-refractivity contribution in [3.8, 4) is 0 Å². The SMILES string of the molecule is O=C1CC(S)CN1c1cc(Br)[nH]n1. The van der Waals surface area contributed by atoms with Gasteiger partial charge in [0.1, 0.15) is 4.60 Å². The number of halogens is 1. The van der Waals surface area contributed by atoms with Gasteiger partial charge in [0.25, 0.3) is 0 Å². The molecule has 1 atom stereocenters. The first kappa shape index (κ1) is 9.08. The molecular formula is C7H8BrN3OS. The predicted molar refractivity (Wildman–Crippen MR) is 56.0 cm³/mol. The lowest BCUT2D eigenvalue weighted by molar-refractivity contribution is -0.117.